The zero-order chi connectivity index (χ0) is 13.2. The number of rotatable bonds is 2. The topological polar surface area (TPSA) is 86.7 Å². The van der Waals surface area contributed by atoms with Crippen LogP contribution in [0.3, 0.4) is 0 Å². The second-order valence-corrected chi connectivity index (χ2v) is 5.62. The van der Waals surface area contributed by atoms with E-state index in [-0.39, 0.29) is 4.91 Å². The van der Waals surface area contributed by atoms with E-state index in [2.05, 4.69) is 0 Å². The Labute approximate surface area is 100 Å². The lowest BCUT2D eigenvalue weighted by atomic mass is 10.2. The van der Waals surface area contributed by atoms with Gasteiger partial charge < -0.3 is 4.57 Å². The van der Waals surface area contributed by atoms with Crippen LogP contribution in [0.4, 0.5) is 0 Å². The van der Waals surface area contributed by atoms with Gasteiger partial charge in [-0.2, -0.15) is 10.5 Å². The summed E-state index contributed by atoms with van der Waals surface area (Å²) in [7, 11) is -1.83. The van der Waals surface area contributed by atoms with Crippen molar-refractivity contribution in [3.05, 3.63) is 27.9 Å². The van der Waals surface area contributed by atoms with Crippen LogP contribution in [0.1, 0.15) is 17.0 Å². The lowest BCUT2D eigenvalue weighted by molar-refractivity contribution is 0.609. The van der Waals surface area contributed by atoms with Gasteiger partial charge in [0.2, 0.25) is 0 Å². The molecule has 0 aliphatic rings. The first-order chi connectivity index (χ1) is 7.81. The number of sulfone groups is 1. The Hall–Kier alpha value is -2.05. The molecule has 0 saturated heterocycles. The Morgan fingerprint density at radius 2 is 2.06 bits per heavy atom. The molecule has 0 bridgehead atoms. The summed E-state index contributed by atoms with van der Waals surface area (Å²) in [6.45, 7) is 1.75. The van der Waals surface area contributed by atoms with Crippen molar-refractivity contribution in [1.29, 1.82) is 10.5 Å². The Kier molecular flexibility index (Phi) is 3.40. The Morgan fingerprint density at radius 1 is 1.47 bits per heavy atom. The first-order valence-corrected chi connectivity index (χ1v) is 6.58. The zero-order valence-electron chi connectivity index (χ0n) is 9.72. The molecular weight excluding hydrogens is 238 g/mol. The minimum absolute atomic E-state index is 0.310. The Bertz CT molecular complexity index is 667. The van der Waals surface area contributed by atoms with Gasteiger partial charge >= 0.3 is 0 Å². The standard InChI is InChI=1S/C11H11N3O2S/c1-8-9(4-10(6-12)14(8)2)5-11(7-13)17(3,15)16/h4-5H,1-3H3/b11-5+. The van der Waals surface area contributed by atoms with E-state index >= 15 is 0 Å². The van der Waals surface area contributed by atoms with Gasteiger partial charge in [0, 0.05) is 19.0 Å². The summed E-state index contributed by atoms with van der Waals surface area (Å²) in [5.41, 5.74) is 1.71. The fraction of sp³-hybridized carbons (Fsp3) is 0.273. The van der Waals surface area contributed by atoms with E-state index in [1.165, 1.54) is 6.08 Å². The normalized spacial score (nSPS) is 11.9. The molecule has 0 spiro atoms. The van der Waals surface area contributed by atoms with E-state index in [1.807, 2.05) is 6.07 Å². The van der Waals surface area contributed by atoms with Gasteiger partial charge in [0.05, 0.1) is 0 Å². The van der Waals surface area contributed by atoms with E-state index in [0.29, 0.717) is 11.3 Å². The maximum atomic E-state index is 11.3. The summed E-state index contributed by atoms with van der Waals surface area (Å²) >= 11 is 0. The van der Waals surface area contributed by atoms with E-state index in [0.717, 1.165) is 11.9 Å². The van der Waals surface area contributed by atoms with E-state index in [4.69, 9.17) is 10.5 Å². The van der Waals surface area contributed by atoms with E-state index in [1.54, 1.807) is 30.7 Å². The second-order valence-electron chi connectivity index (χ2n) is 3.63. The largest absolute Gasteiger partial charge is 0.339 e. The van der Waals surface area contributed by atoms with Gasteiger partial charge in [-0.25, -0.2) is 8.42 Å². The van der Waals surface area contributed by atoms with Crippen LogP contribution < -0.4 is 0 Å². The quantitative estimate of drug-likeness (QED) is 0.735. The molecule has 6 heteroatoms. The molecule has 0 aromatic carbocycles. The van der Waals surface area contributed by atoms with Gasteiger partial charge in [-0.3, -0.25) is 0 Å². The monoisotopic (exact) mass is 249 g/mol. The number of nitriles is 2. The average molecular weight is 249 g/mol. The molecule has 0 saturated carbocycles. The maximum Gasteiger partial charge on any atom is 0.185 e. The fourth-order valence-electron chi connectivity index (χ4n) is 1.34. The predicted molar refractivity (Wildman–Crippen MR) is 63.3 cm³/mol. The van der Waals surface area contributed by atoms with Crippen molar-refractivity contribution >= 4 is 15.9 Å². The van der Waals surface area contributed by atoms with Crippen LogP contribution in [-0.4, -0.2) is 19.2 Å². The molecular formula is C11H11N3O2S. The van der Waals surface area contributed by atoms with Crippen molar-refractivity contribution in [2.24, 2.45) is 7.05 Å². The average Bonchev–Trinajstić information content (AvgIpc) is 2.51. The van der Waals surface area contributed by atoms with Crippen LogP contribution in [0.25, 0.3) is 6.08 Å². The molecule has 1 heterocycles. The second kappa shape index (κ2) is 4.44. The van der Waals surface area contributed by atoms with Gasteiger partial charge in [0.15, 0.2) is 9.84 Å². The van der Waals surface area contributed by atoms with Gasteiger partial charge in [-0.15, -0.1) is 0 Å². The molecule has 0 radical (unpaired) electrons. The number of hydrogen-bond acceptors (Lipinski definition) is 4. The van der Waals surface area contributed by atoms with Gasteiger partial charge in [-0.1, -0.05) is 0 Å². The molecule has 1 aromatic rings. The summed E-state index contributed by atoms with van der Waals surface area (Å²) in [6.07, 6.45) is 2.26. The number of hydrogen-bond donors (Lipinski definition) is 0. The molecule has 1 aromatic heterocycles. The smallest absolute Gasteiger partial charge is 0.185 e. The minimum Gasteiger partial charge on any atom is -0.339 e. The SMILES string of the molecule is Cc1c(/C=C(\C#N)S(C)(=O)=O)cc(C#N)n1C. The third kappa shape index (κ3) is 2.55. The Morgan fingerprint density at radius 3 is 2.41 bits per heavy atom. The summed E-state index contributed by atoms with van der Waals surface area (Å²) in [6, 6.07) is 5.19. The molecule has 5 nitrogen and oxygen atoms in total. The number of aromatic nitrogens is 1. The molecule has 0 fully saturated rings. The summed E-state index contributed by atoms with van der Waals surface area (Å²) in [5.74, 6) is 0. The molecule has 88 valence electrons. The molecule has 0 aliphatic heterocycles. The third-order valence-electron chi connectivity index (χ3n) is 2.49. The molecule has 0 atom stereocenters. The molecule has 0 unspecified atom stereocenters. The lowest BCUT2D eigenvalue weighted by Crippen LogP contribution is -1.99. The van der Waals surface area contributed by atoms with Crippen molar-refractivity contribution in [3.63, 3.8) is 0 Å². The zero-order valence-corrected chi connectivity index (χ0v) is 10.5. The molecule has 0 amide bonds. The van der Waals surface area contributed by atoms with Crippen molar-refractivity contribution < 1.29 is 8.42 Å². The fourth-order valence-corrected chi connectivity index (χ4v) is 1.85. The Balaban J connectivity index is 3.45. The van der Waals surface area contributed by atoms with E-state index < -0.39 is 9.84 Å². The van der Waals surface area contributed by atoms with Crippen LogP contribution in [0.2, 0.25) is 0 Å². The van der Waals surface area contributed by atoms with Crippen LogP contribution in [0.5, 0.6) is 0 Å². The third-order valence-corrected chi connectivity index (χ3v) is 3.49. The van der Waals surface area contributed by atoms with Crippen LogP contribution in [-0.2, 0) is 16.9 Å². The van der Waals surface area contributed by atoms with E-state index in [9.17, 15) is 8.42 Å². The summed E-state index contributed by atoms with van der Waals surface area (Å²) < 4.78 is 24.2. The molecule has 1 rings (SSSR count). The highest BCUT2D eigenvalue weighted by molar-refractivity contribution is 7.95. The van der Waals surface area contributed by atoms with Crippen LogP contribution >= 0.6 is 0 Å². The summed E-state index contributed by atoms with van der Waals surface area (Å²) in [4.78, 5) is -0.310. The minimum atomic E-state index is -3.53. The highest BCUT2D eigenvalue weighted by Crippen LogP contribution is 2.18. The van der Waals surface area contributed by atoms with Crippen molar-refractivity contribution in [3.8, 4) is 12.1 Å². The molecule has 17 heavy (non-hydrogen) atoms. The van der Waals surface area contributed by atoms with Crippen molar-refractivity contribution in [2.45, 2.75) is 6.92 Å². The maximum absolute atomic E-state index is 11.3. The number of allylic oxidation sites excluding steroid dienone is 1. The van der Waals surface area contributed by atoms with Crippen molar-refractivity contribution in [2.75, 3.05) is 6.26 Å². The summed E-state index contributed by atoms with van der Waals surface area (Å²) in [5, 5.41) is 17.6. The van der Waals surface area contributed by atoms with Crippen LogP contribution in [0.15, 0.2) is 11.0 Å². The van der Waals surface area contributed by atoms with Crippen molar-refractivity contribution in [1.82, 2.24) is 4.57 Å². The predicted octanol–water partition coefficient (Wildman–Crippen LogP) is 1.11. The van der Waals surface area contributed by atoms with Gasteiger partial charge in [0.1, 0.15) is 22.7 Å². The van der Waals surface area contributed by atoms with Gasteiger partial charge in [0.25, 0.3) is 0 Å². The van der Waals surface area contributed by atoms with Crippen LogP contribution in [0, 0.1) is 29.6 Å². The van der Waals surface area contributed by atoms with Gasteiger partial charge in [-0.05, 0) is 24.6 Å². The highest BCUT2D eigenvalue weighted by Gasteiger charge is 2.13. The first kappa shape index (κ1) is 13.0. The molecule has 0 N–H and O–H groups in total. The molecule has 0 aliphatic carbocycles. The number of nitrogens with zero attached hydrogens (tertiary/aromatic N) is 3. The lowest BCUT2D eigenvalue weighted by Gasteiger charge is -1.98. The first-order valence-electron chi connectivity index (χ1n) is 4.69. The highest BCUT2D eigenvalue weighted by atomic mass is 32.2.